The van der Waals surface area contributed by atoms with Crippen molar-refractivity contribution in [3.05, 3.63) is 17.0 Å². The Bertz CT molecular complexity index is 595. The maximum absolute atomic E-state index is 12.4. The molecule has 0 aromatic carbocycles. The molecule has 22 heavy (non-hydrogen) atoms. The third-order valence-electron chi connectivity index (χ3n) is 5.25. The molecule has 6 nitrogen and oxygen atoms in total. The number of aromatic nitrogens is 2. The lowest BCUT2D eigenvalue weighted by atomic mass is 9.88. The molecular formula is C16H24N4O2. The number of likely N-dealkylation sites (tertiary alicyclic amines) is 2. The number of rotatable bonds is 3. The molecule has 0 bridgehead atoms. The van der Waals surface area contributed by atoms with E-state index in [1.54, 1.807) is 4.90 Å². The molecule has 2 amide bonds. The molecule has 0 radical (unpaired) electrons. The normalized spacial score (nSPS) is 24.8. The van der Waals surface area contributed by atoms with Crippen LogP contribution in [0.5, 0.6) is 0 Å². The topological polar surface area (TPSA) is 69.3 Å². The smallest absolute Gasteiger partial charge is 0.227 e. The van der Waals surface area contributed by atoms with Gasteiger partial charge in [-0.3, -0.25) is 14.7 Å². The van der Waals surface area contributed by atoms with Gasteiger partial charge < -0.3 is 9.80 Å². The van der Waals surface area contributed by atoms with Crippen LogP contribution in [0.1, 0.15) is 29.8 Å². The van der Waals surface area contributed by atoms with Gasteiger partial charge in [0.2, 0.25) is 11.8 Å². The van der Waals surface area contributed by atoms with Gasteiger partial charge in [-0.2, -0.15) is 5.10 Å². The minimum Gasteiger partial charge on any atom is -0.345 e. The van der Waals surface area contributed by atoms with Crippen LogP contribution in [-0.4, -0.2) is 58.5 Å². The fourth-order valence-corrected chi connectivity index (χ4v) is 3.56. The molecule has 2 aliphatic rings. The highest BCUT2D eigenvalue weighted by atomic mass is 16.2. The average molecular weight is 304 g/mol. The second-order valence-electron chi connectivity index (χ2n) is 6.63. The second-order valence-corrected chi connectivity index (χ2v) is 6.63. The summed E-state index contributed by atoms with van der Waals surface area (Å²) in [6.07, 6.45) is 2.14. The van der Waals surface area contributed by atoms with Gasteiger partial charge >= 0.3 is 0 Å². The Morgan fingerprint density at radius 2 is 2.14 bits per heavy atom. The Morgan fingerprint density at radius 3 is 2.82 bits per heavy atom. The highest BCUT2D eigenvalue weighted by molar-refractivity contribution is 5.83. The monoisotopic (exact) mass is 304 g/mol. The van der Waals surface area contributed by atoms with Crippen LogP contribution < -0.4 is 0 Å². The largest absolute Gasteiger partial charge is 0.345 e. The van der Waals surface area contributed by atoms with Crippen LogP contribution in [0.2, 0.25) is 0 Å². The molecule has 120 valence electrons. The Labute approximate surface area is 130 Å². The van der Waals surface area contributed by atoms with Crippen molar-refractivity contribution < 1.29 is 9.59 Å². The maximum Gasteiger partial charge on any atom is 0.227 e. The van der Waals surface area contributed by atoms with Gasteiger partial charge in [0.25, 0.3) is 0 Å². The molecule has 0 aliphatic carbocycles. The lowest BCUT2D eigenvalue weighted by Gasteiger charge is -2.30. The summed E-state index contributed by atoms with van der Waals surface area (Å²) in [5.41, 5.74) is 3.17. The molecule has 2 atom stereocenters. The van der Waals surface area contributed by atoms with Gasteiger partial charge in [-0.25, -0.2) is 0 Å². The number of carbonyl (C=O) groups excluding carboxylic acids is 2. The van der Waals surface area contributed by atoms with Crippen molar-refractivity contribution in [3.63, 3.8) is 0 Å². The van der Waals surface area contributed by atoms with Crippen LogP contribution in [0.4, 0.5) is 0 Å². The minimum absolute atomic E-state index is 0.0112. The van der Waals surface area contributed by atoms with Crippen LogP contribution >= 0.6 is 0 Å². The molecule has 0 saturated carbocycles. The van der Waals surface area contributed by atoms with E-state index in [-0.39, 0.29) is 17.7 Å². The molecule has 1 aromatic rings. The summed E-state index contributed by atoms with van der Waals surface area (Å²) >= 11 is 0. The Kier molecular flexibility index (Phi) is 3.93. The number of nitrogens with one attached hydrogen (secondary N) is 1. The first kappa shape index (κ1) is 15.1. The van der Waals surface area contributed by atoms with E-state index in [4.69, 9.17) is 0 Å². The van der Waals surface area contributed by atoms with E-state index >= 15 is 0 Å². The minimum atomic E-state index is 0.0112. The first-order valence-electron chi connectivity index (χ1n) is 8.00. The fourth-order valence-electron chi connectivity index (χ4n) is 3.56. The maximum atomic E-state index is 12.4. The second kappa shape index (κ2) is 5.74. The lowest BCUT2D eigenvalue weighted by molar-refractivity contribution is -0.138. The van der Waals surface area contributed by atoms with E-state index in [1.807, 2.05) is 25.8 Å². The highest BCUT2D eigenvalue weighted by Gasteiger charge is 2.42. The molecule has 1 aromatic heterocycles. The first-order chi connectivity index (χ1) is 10.5. The number of aryl methyl sites for hydroxylation is 2. The van der Waals surface area contributed by atoms with Gasteiger partial charge in [0.1, 0.15) is 0 Å². The molecule has 3 heterocycles. The summed E-state index contributed by atoms with van der Waals surface area (Å²) in [5, 5.41) is 7.21. The third-order valence-corrected chi connectivity index (χ3v) is 5.25. The number of nitrogens with zero attached hydrogens (tertiary/aromatic N) is 3. The molecule has 2 aliphatic heterocycles. The van der Waals surface area contributed by atoms with Gasteiger partial charge in [-0.1, -0.05) is 0 Å². The summed E-state index contributed by atoms with van der Waals surface area (Å²) in [7, 11) is 1.85. The number of piperidine rings is 1. The Morgan fingerprint density at radius 1 is 1.36 bits per heavy atom. The van der Waals surface area contributed by atoms with E-state index in [0.717, 1.165) is 36.5 Å². The summed E-state index contributed by atoms with van der Waals surface area (Å²) in [4.78, 5) is 28.3. The summed E-state index contributed by atoms with van der Waals surface area (Å²) in [6, 6.07) is 0. The van der Waals surface area contributed by atoms with Gasteiger partial charge in [-0.05, 0) is 31.7 Å². The van der Waals surface area contributed by atoms with Crippen LogP contribution in [0, 0.1) is 25.7 Å². The number of carbonyl (C=O) groups is 2. The SMILES string of the molecule is Cc1[nH]nc(CCC(=O)N2C[C@H]3CCN(C)C(=O)[C@H]3C2)c1C. The molecule has 2 fully saturated rings. The molecule has 3 rings (SSSR count). The molecule has 2 saturated heterocycles. The average Bonchev–Trinajstić information content (AvgIpc) is 3.07. The van der Waals surface area contributed by atoms with E-state index in [9.17, 15) is 9.59 Å². The number of hydrogen-bond acceptors (Lipinski definition) is 3. The van der Waals surface area contributed by atoms with Crippen molar-refractivity contribution >= 4 is 11.8 Å². The predicted octanol–water partition coefficient (Wildman–Crippen LogP) is 0.896. The zero-order chi connectivity index (χ0) is 15.9. The summed E-state index contributed by atoms with van der Waals surface area (Å²) in [5.74, 6) is 0.703. The van der Waals surface area contributed by atoms with Crippen molar-refractivity contribution in [3.8, 4) is 0 Å². The first-order valence-corrected chi connectivity index (χ1v) is 8.00. The Hall–Kier alpha value is -1.85. The zero-order valence-electron chi connectivity index (χ0n) is 13.6. The van der Waals surface area contributed by atoms with E-state index in [1.165, 1.54) is 0 Å². The van der Waals surface area contributed by atoms with Crippen molar-refractivity contribution in [2.75, 3.05) is 26.7 Å². The van der Waals surface area contributed by atoms with E-state index in [2.05, 4.69) is 10.2 Å². The van der Waals surface area contributed by atoms with Crippen LogP contribution in [0.3, 0.4) is 0 Å². The molecule has 0 spiro atoms. The Balaban J connectivity index is 1.58. The predicted molar refractivity (Wildman–Crippen MR) is 82.2 cm³/mol. The number of hydrogen-bond donors (Lipinski definition) is 1. The van der Waals surface area contributed by atoms with Crippen LogP contribution in [0.25, 0.3) is 0 Å². The van der Waals surface area contributed by atoms with Crippen LogP contribution in [-0.2, 0) is 16.0 Å². The van der Waals surface area contributed by atoms with Gasteiger partial charge in [0, 0.05) is 45.2 Å². The number of amides is 2. The quantitative estimate of drug-likeness (QED) is 0.902. The fraction of sp³-hybridized carbons (Fsp3) is 0.688. The van der Waals surface area contributed by atoms with Crippen molar-refractivity contribution in [2.24, 2.45) is 11.8 Å². The van der Waals surface area contributed by atoms with Crippen LogP contribution in [0.15, 0.2) is 0 Å². The van der Waals surface area contributed by atoms with Gasteiger partial charge in [-0.15, -0.1) is 0 Å². The van der Waals surface area contributed by atoms with Gasteiger partial charge in [0.15, 0.2) is 0 Å². The summed E-state index contributed by atoms with van der Waals surface area (Å²) < 4.78 is 0. The lowest BCUT2D eigenvalue weighted by Crippen LogP contribution is -2.42. The molecular weight excluding hydrogens is 280 g/mol. The highest BCUT2D eigenvalue weighted by Crippen LogP contribution is 2.32. The van der Waals surface area contributed by atoms with Gasteiger partial charge in [0.05, 0.1) is 11.6 Å². The zero-order valence-corrected chi connectivity index (χ0v) is 13.6. The third kappa shape index (κ3) is 2.62. The van der Waals surface area contributed by atoms with Crippen molar-refractivity contribution in [1.29, 1.82) is 0 Å². The standard InChI is InChI=1S/C16H24N4O2/c1-10-11(2)17-18-14(10)4-5-15(21)20-8-12-6-7-19(3)16(22)13(12)9-20/h12-13H,4-9H2,1-3H3,(H,17,18)/t12-,13+/m1/s1. The van der Waals surface area contributed by atoms with E-state index < -0.39 is 0 Å². The van der Waals surface area contributed by atoms with Crippen molar-refractivity contribution in [1.82, 2.24) is 20.0 Å². The number of H-pyrrole nitrogens is 1. The molecule has 6 heteroatoms. The number of aromatic amines is 1. The number of fused-ring (bicyclic) bond motifs is 1. The molecule has 0 unspecified atom stereocenters. The van der Waals surface area contributed by atoms with E-state index in [0.29, 0.717) is 25.3 Å². The van der Waals surface area contributed by atoms with Crippen molar-refractivity contribution in [2.45, 2.75) is 33.1 Å². The molecule has 1 N–H and O–H groups in total. The summed E-state index contributed by atoms with van der Waals surface area (Å²) in [6.45, 7) is 6.15.